The van der Waals surface area contributed by atoms with E-state index < -0.39 is 0 Å². The van der Waals surface area contributed by atoms with Crippen LogP contribution < -0.4 is 0 Å². The lowest BCUT2D eigenvalue weighted by molar-refractivity contribution is 0.669. The summed E-state index contributed by atoms with van der Waals surface area (Å²) in [4.78, 5) is 10.6. The van der Waals surface area contributed by atoms with Crippen LogP contribution in [0.25, 0.3) is 93.8 Å². The van der Waals surface area contributed by atoms with E-state index in [-0.39, 0.29) is 0 Å². The zero-order valence-electron chi connectivity index (χ0n) is 24.7. The minimum atomic E-state index is 0.643. The minimum Gasteiger partial charge on any atom is -0.456 e. The predicted molar refractivity (Wildman–Crippen MR) is 190 cm³/mol. The largest absolute Gasteiger partial charge is 0.456 e. The number of hydrogen-bond donors (Lipinski definition) is 0. The van der Waals surface area contributed by atoms with Crippen LogP contribution in [-0.4, -0.2) is 14.5 Å². The average Bonchev–Trinajstić information content (AvgIpc) is 3.68. The van der Waals surface area contributed by atoms with Gasteiger partial charge in [0.15, 0.2) is 0 Å². The van der Waals surface area contributed by atoms with Crippen LogP contribution in [0.15, 0.2) is 156 Å². The quantitative estimate of drug-likeness (QED) is 0.207. The first kappa shape index (κ1) is 25.1. The van der Waals surface area contributed by atoms with Crippen LogP contribution in [0.3, 0.4) is 0 Å². The zero-order chi connectivity index (χ0) is 30.2. The second-order valence-electron chi connectivity index (χ2n) is 11.8. The molecule has 0 N–H and O–H groups in total. The number of furan rings is 1. The van der Waals surface area contributed by atoms with Crippen molar-refractivity contribution >= 4 is 65.4 Å². The molecule has 0 atom stereocenters. The van der Waals surface area contributed by atoms with E-state index in [0.717, 1.165) is 71.6 Å². The maximum atomic E-state index is 6.34. The van der Waals surface area contributed by atoms with E-state index in [2.05, 4.69) is 132 Å². The van der Waals surface area contributed by atoms with Gasteiger partial charge in [0.1, 0.15) is 11.2 Å². The molecule has 10 rings (SSSR count). The van der Waals surface area contributed by atoms with Gasteiger partial charge in [-0.1, -0.05) is 127 Å². The van der Waals surface area contributed by atoms with Gasteiger partial charge in [0.2, 0.25) is 5.95 Å². The fraction of sp³-hybridized carbons (Fsp3) is 0. The molecule has 3 heterocycles. The molecule has 0 unspecified atom stereocenters. The standard InChI is InChI=1S/C42H25N3O/c1-2-13-27(14-3-1)40-31-16-6-8-21-34(31)43-42(44-40)45-35-25-24-26-12-4-5-15-28(26)38(35)33-20-10-19-30(41(33)45)29-18-11-23-37-39(29)32-17-7-9-22-36(32)46-37/h1-25H. The molecule has 0 aliphatic rings. The van der Waals surface area contributed by atoms with Crippen molar-refractivity contribution in [3.63, 3.8) is 0 Å². The first-order chi connectivity index (χ1) is 22.8. The molecule has 7 aromatic carbocycles. The molecule has 0 radical (unpaired) electrons. The maximum absolute atomic E-state index is 6.34. The molecule has 214 valence electrons. The molecular weight excluding hydrogens is 562 g/mol. The van der Waals surface area contributed by atoms with E-state index in [1.54, 1.807) is 0 Å². The van der Waals surface area contributed by atoms with Crippen LogP contribution in [0, 0.1) is 0 Å². The zero-order valence-corrected chi connectivity index (χ0v) is 24.7. The van der Waals surface area contributed by atoms with Crippen LogP contribution in [-0.2, 0) is 0 Å². The summed E-state index contributed by atoms with van der Waals surface area (Å²) in [5.74, 6) is 0.643. The average molecular weight is 588 g/mol. The van der Waals surface area contributed by atoms with Gasteiger partial charge in [-0.2, -0.15) is 0 Å². The lowest BCUT2D eigenvalue weighted by Crippen LogP contribution is -2.04. The Labute approximate surface area is 263 Å². The molecule has 0 saturated carbocycles. The highest BCUT2D eigenvalue weighted by Gasteiger charge is 2.23. The SMILES string of the molecule is c1ccc(-c2nc(-n3c4ccc5ccccc5c4c4cccc(-c5cccc6oc7ccccc7c56)c43)nc3ccccc23)cc1. The minimum absolute atomic E-state index is 0.643. The fourth-order valence-electron chi connectivity index (χ4n) is 7.24. The van der Waals surface area contributed by atoms with E-state index in [1.807, 2.05) is 24.3 Å². The lowest BCUT2D eigenvalue weighted by Gasteiger charge is -2.14. The van der Waals surface area contributed by atoms with E-state index in [9.17, 15) is 0 Å². The number of fused-ring (bicyclic) bond motifs is 9. The maximum Gasteiger partial charge on any atom is 0.235 e. The molecular formula is C42H25N3O. The van der Waals surface area contributed by atoms with Crippen molar-refractivity contribution in [1.82, 2.24) is 14.5 Å². The van der Waals surface area contributed by atoms with E-state index in [0.29, 0.717) is 5.95 Å². The monoisotopic (exact) mass is 587 g/mol. The van der Waals surface area contributed by atoms with Gasteiger partial charge in [0.05, 0.1) is 22.2 Å². The third-order valence-corrected chi connectivity index (χ3v) is 9.21. The van der Waals surface area contributed by atoms with Gasteiger partial charge in [-0.15, -0.1) is 0 Å². The van der Waals surface area contributed by atoms with Gasteiger partial charge in [-0.25, -0.2) is 9.97 Å². The first-order valence-electron chi connectivity index (χ1n) is 15.5. The van der Waals surface area contributed by atoms with Crippen molar-refractivity contribution in [3.05, 3.63) is 152 Å². The third kappa shape index (κ3) is 3.55. The van der Waals surface area contributed by atoms with Gasteiger partial charge in [0, 0.05) is 38.1 Å². The molecule has 4 nitrogen and oxygen atoms in total. The third-order valence-electron chi connectivity index (χ3n) is 9.21. The van der Waals surface area contributed by atoms with Crippen LogP contribution in [0.4, 0.5) is 0 Å². The number of nitrogens with zero attached hydrogens (tertiary/aromatic N) is 3. The van der Waals surface area contributed by atoms with E-state index >= 15 is 0 Å². The molecule has 4 heteroatoms. The molecule has 0 amide bonds. The molecule has 0 spiro atoms. The number of benzene rings is 7. The normalized spacial score (nSPS) is 11.9. The molecule has 3 aromatic heterocycles. The van der Waals surface area contributed by atoms with Crippen molar-refractivity contribution in [2.75, 3.05) is 0 Å². The summed E-state index contributed by atoms with van der Waals surface area (Å²) in [5.41, 5.74) is 8.99. The van der Waals surface area contributed by atoms with Crippen LogP contribution in [0.5, 0.6) is 0 Å². The molecule has 0 fully saturated rings. The number of para-hydroxylation sites is 3. The summed E-state index contributed by atoms with van der Waals surface area (Å²) in [6.45, 7) is 0. The van der Waals surface area contributed by atoms with Gasteiger partial charge in [0.25, 0.3) is 0 Å². The summed E-state index contributed by atoms with van der Waals surface area (Å²) in [6.07, 6.45) is 0. The molecule has 10 aromatic rings. The molecule has 46 heavy (non-hydrogen) atoms. The van der Waals surface area contributed by atoms with E-state index in [1.165, 1.54) is 16.2 Å². The van der Waals surface area contributed by atoms with E-state index in [4.69, 9.17) is 14.4 Å². The summed E-state index contributed by atoms with van der Waals surface area (Å²) in [5, 5.41) is 8.00. The van der Waals surface area contributed by atoms with Crippen molar-refractivity contribution in [3.8, 4) is 28.3 Å². The topological polar surface area (TPSA) is 43.9 Å². The molecule has 0 bridgehead atoms. The smallest absolute Gasteiger partial charge is 0.235 e. The summed E-state index contributed by atoms with van der Waals surface area (Å²) >= 11 is 0. The predicted octanol–water partition coefficient (Wildman–Crippen LogP) is 11.1. The van der Waals surface area contributed by atoms with Crippen molar-refractivity contribution < 1.29 is 4.42 Å². The Morgan fingerprint density at radius 2 is 1.15 bits per heavy atom. The highest BCUT2D eigenvalue weighted by atomic mass is 16.3. The Kier molecular flexibility index (Phi) is 5.25. The highest BCUT2D eigenvalue weighted by molar-refractivity contribution is 6.25. The molecule has 0 aliphatic carbocycles. The Balaban J connectivity index is 1.40. The number of aromatic nitrogens is 3. The van der Waals surface area contributed by atoms with Gasteiger partial charge in [-0.3, -0.25) is 4.57 Å². The van der Waals surface area contributed by atoms with Gasteiger partial charge in [-0.05, 0) is 40.6 Å². The number of hydrogen-bond acceptors (Lipinski definition) is 3. The first-order valence-corrected chi connectivity index (χ1v) is 15.5. The highest BCUT2D eigenvalue weighted by Crippen LogP contribution is 2.44. The molecule has 0 saturated heterocycles. The van der Waals surface area contributed by atoms with Crippen LogP contribution in [0.1, 0.15) is 0 Å². The van der Waals surface area contributed by atoms with Crippen molar-refractivity contribution in [2.45, 2.75) is 0 Å². The fourth-order valence-corrected chi connectivity index (χ4v) is 7.24. The van der Waals surface area contributed by atoms with Crippen molar-refractivity contribution in [2.24, 2.45) is 0 Å². The van der Waals surface area contributed by atoms with Gasteiger partial charge >= 0.3 is 0 Å². The Bertz CT molecular complexity index is 2810. The summed E-state index contributed by atoms with van der Waals surface area (Å²) in [6, 6.07) is 53.0. The lowest BCUT2D eigenvalue weighted by atomic mass is 9.96. The number of rotatable bonds is 3. The van der Waals surface area contributed by atoms with Crippen LogP contribution in [0.2, 0.25) is 0 Å². The van der Waals surface area contributed by atoms with Crippen LogP contribution >= 0.6 is 0 Å². The van der Waals surface area contributed by atoms with Crippen molar-refractivity contribution in [1.29, 1.82) is 0 Å². The van der Waals surface area contributed by atoms with Gasteiger partial charge < -0.3 is 4.42 Å². The second-order valence-corrected chi connectivity index (χ2v) is 11.8. The Morgan fingerprint density at radius 3 is 2.07 bits per heavy atom. The molecule has 0 aliphatic heterocycles. The summed E-state index contributed by atoms with van der Waals surface area (Å²) in [7, 11) is 0. The Morgan fingerprint density at radius 1 is 0.457 bits per heavy atom. The Hall–Kier alpha value is -6.26. The second kappa shape index (κ2) is 9.62. The summed E-state index contributed by atoms with van der Waals surface area (Å²) < 4.78 is 8.61.